The van der Waals surface area contributed by atoms with Crippen LogP contribution in [0.5, 0.6) is 0 Å². The molecule has 1 aliphatic heterocycles. The van der Waals surface area contributed by atoms with Crippen LogP contribution < -0.4 is 5.73 Å². The molecule has 0 aromatic heterocycles. The zero-order valence-corrected chi connectivity index (χ0v) is 11.2. The number of amidine groups is 1. The van der Waals surface area contributed by atoms with Gasteiger partial charge < -0.3 is 15.5 Å². The van der Waals surface area contributed by atoms with Crippen molar-refractivity contribution in [2.75, 3.05) is 20.1 Å². The van der Waals surface area contributed by atoms with E-state index in [1.165, 1.54) is 0 Å². The first-order valence-corrected chi connectivity index (χ1v) is 6.51. The van der Waals surface area contributed by atoms with Crippen molar-refractivity contribution in [3.8, 4) is 0 Å². The van der Waals surface area contributed by atoms with Gasteiger partial charge in [0.15, 0.2) is 0 Å². The Morgan fingerprint density at radius 1 is 1.42 bits per heavy atom. The van der Waals surface area contributed by atoms with Crippen molar-refractivity contribution < 1.29 is 4.79 Å². The second-order valence-corrected chi connectivity index (χ2v) is 4.95. The highest BCUT2D eigenvalue weighted by atomic mass is 16.2. The highest BCUT2D eigenvalue weighted by Gasteiger charge is 2.21. The summed E-state index contributed by atoms with van der Waals surface area (Å²) in [5, 5.41) is 7.42. The molecule has 1 aromatic rings. The number of carbonyl (C=O) groups is 1. The third-order valence-corrected chi connectivity index (χ3v) is 3.36. The average molecular weight is 260 g/mol. The van der Waals surface area contributed by atoms with Crippen LogP contribution in [-0.4, -0.2) is 41.8 Å². The number of amides is 2. The second kappa shape index (κ2) is 5.73. The van der Waals surface area contributed by atoms with Crippen LogP contribution in [0.3, 0.4) is 0 Å². The summed E-state index contributed by atoms with van der Waals surface area (Å²) in [6.07, 6.45) is 2.19. The third-order valence-electron chi connectivity index (χ3n) is 3.36. The van der Waals surface area contributed by atoms with Gasteiger partial charge in [-0.3, -0.25) is 5.41 Å². The third kappa shape index (κ3) is 3.24. The molecule has 1 aromatic carbocycles. The van der Waals surface area contributed by atoms with Crippen molar-refractivity contribution in [2.24, 2.45) is 5.73 Å². The lowest BCUT2D eigenvalue weighted by Crippen LogP contribution is -2.38. The molecule has 1 saturated heterocycles. The lowest BCUT2D eigenvalue weighted by molar-refractivity contribution is 0.171. The molecule has 3 N–H and O–H groups in total. The predicted octanol–water partition coefficient (Wildman–Crippen LogP) is 1.62. The molecule has 0 atom stereocenters. The Labute approximate surface area is 113 Å². The zero-order chi connectivity index (χ0) is 13.8. The monoisotopic (exact) mass is 260 g/mol. The molecule has 102 valence electrons. The average Bonchev–Trinajstić information content (AvgIpc) is 2.92. The molecule has 1 fully saturated rings. The van der Waals surface area contributed by atoms with E-state index in [0.29, 0.717) is 12.1 Å². The van der Waals surface area contributed by atoms with Crippen molar-refractivity contribution in [3.05, 3.63) is 35.4 Å². The molecule has 0 bridgehead atoms. The zero-order valence-electron chi connectivity index (χ0n) is 11.2. The molecule has 0 spiro atoms. The molecule has 0 unspecified atom stereocenters. The summed E-state index contributed by atoms with van der Waals surface area (Å²) in [5.74, 6) is 0.0513. The Kier molecular flexibility index (Phi) is 4.04. The number of nitrogens with two attached hydrogens (primary N) is 1. The number of nitrogens with one attached hydrogen (secondary N) is 1. The first-order valence-electron chi connectivity index (χ1n) is 6.51. The predicted molar refractivity (Wildman–Crippen MR) is 75.1 cm³/mol. The number of carbonyl (C=O) groups excluding carboxylic acids is 1. The molecule has 1 heterocycles. The molecule has 19 heavy (non-hydrogen) atoms. The smallest absolute Gasteiger partial charge is 0.320 e. The molecule has 1 aliphatic rings. The van der Waals surface area contributed by atoms with E-state index >= 15 is 0 Å². The number of nitrogens with zero attached hydrogens (tertiary/aromatic N) is 2. The van der Waals surface area contributed by atoms with Crippen molar-refractivity contribution in [1.82, 2.24) is 9.80 Å². The summed E-state index contributed by atoms with van der Waals surface area (Å²) in [7, 11) is 1.81. The molecule has 0 aliphatic carbocycles. The van der Waals surface area contributed by atoms with E-state index in [1.807, 2.05) is 23.1 Å². The summed E-state index contributed by atoms with van der Waals surface area (Å²) in [6.45, 7) is 2.25. The molecule has 5 heteroatoms. The van der Waals surface area contributed by atoms with Gasteiger partial charge in [0.2, 0.25) is 0 Å². The fourth-order valence-electron chi connectivity index (χ4n) is 2.33. The standard InChI is InChI=1S/C14H20N4O/c1-17(14(19)18-7-2-3-8-18)10-11-5-4-6-12(9-11)13(15)16/h4-6,9H,2-3,7-8,10H2,1H3,(H3,15,16). The number of rotatable bonds is 3. The Morgan fingerprint density at radius 2 is 2.11 bits per heavy atom. The minimum absolute atomic E-state index is 0.0513. The van der Waals surface area contributed by atoms with Gasteiger partial charge in [0, 0.05) is 32.2 Å². The van der Waals surface area contributed by atoms with Crippen LogP contribution in [0.25, 0.3) is 0 Å². The molecular weight excluding hydrogens is 240 g/mol. The minimum Gasteiger partial charge on any atom is -0.384 e. The normalized spacial score (nSPS) is 14.5. The summed E-state index contributed by atoms with van der Waals surface area (Å²) in [4.78, 5) is 15.7. The molecule has 0 radical (unpaired) electrons. The van der Waals surface area contributed by atoms with Gasteiger partial charge in [-0.25, -0.2) is 4.79 Å². The molecular formula is C14H20N4O. The highest BCUT2D eigenvalue weighted by molar-refractivity contribution is 5.95. The van der Waals surface area contributed by atoms with E-state index in [2.05, 4.69) is 0 Å². The van der Waals surface area contributed by atoms with E-state index in [4.69, 9.17) is 11.1 Å². The maximum absolute atomic E-state index is 12.2. The fraction of sp³-hybridized carbons (Fsp3) is 0.429. The van der Waals surface area contributed by atoms with Crippen LogP contribution >= 0.6 is 0 Å². The molecule has 0 saturated carbocycles. The number of urea groups is 1. The van der Waals surface area contributed by atoms with E-state index in [-0.39, 0.29) is 11.9 Å². The van der Waals surface area contributed by atoms with Gasteiger partial charge in [0.25, 0.3) is 0 Å². The quantitative estimate of drug-likeness (QED) is 0.640. The Morgan fingerprint density at radius 3 is 2.74 bits per heavy atom. The SMILES string of the molecule is CN(Cc1cccc(C(=N)N)c1)C(=O)N1CCCC1. The lowest BCUT2D eigenvalue weighted by Gasteiger charge is -2.24. The van der Waals surface area contributed by atoms with Crippen LogP contribution in [0.15, 0.2) is 24.3 Å². The van der Waals surface area contributed by atoms with Crippen molar-refractivity contribution in [3.63, 3.8) is 0 Å². The van der Waals surface area contributed by atoms with Gasteiger partial charge in [-0.2, -0.15) is 0 Å². The fourth-order valence-corrected chi connectivity index (χ4v) is 2.33. The van der Waals surface area contributed by atoms with Crippen LogP contribution in [0.4, 0.5) is 4.79 Å². The molecule has 2 rings (SSSR count). The number of hydrogen-bond acceptors (Lipinski definition) is 2. The topological polar surface area (TPSA) is 73.4 Å². The number of likely N-dealkylation sites (tertiary alicyclic amines) is 1. The van der Waals surface area contributed by atoms with Gasteiger partial charge >= 0.3 is 6.03 Å². The highest BCUT2D eigenvalue weighted by Crippen LogP contribution is 2.12. The maximum atomic E-state index is 12.2. The Balaban J connectivity index is 2.01. The van der Waals surface area contributed by atoms with Gasteiger partial charge in [-0.15, -0.1) is 0 Å². The summed E-state index contributed by atoms with van der Waals surface area (Å²) >= 11 is 0. The first kappa shape index (κ1) is 13.4. The van der Waals surface area contributed by atoms with Gasteiger partial charge in [0.05, 0.1) is 0 Å². The second-order valence-electron chi connectivity index (χ2n) is 4.95. The summed E-state index contributed by atoms with van der Waals surface area (Å²) in [6, 6.07) is 7.54. The van der Waals surface area contributed by atoms with E-state index in [0.717, 1.165) is 31.5 Å². The van der Waals surface area contributed by atoms with Gasteiger partial charge in [-0.05, 0) is 24.5 Å². The minimum atomic E-state index is 0.0513. The molecule has 5 nitrogen and oxygen atoms in total. The first-order chi connectivity index (χ1) is 9.08. The Bertz CT molecular complexity index is 480. The number of hydrogen-bond donors (Lipinski definition) is 2. The number of benzene rings is 1. The molecule has 2 amide bonds. The van der Waals surface area contributed by atoms with Gasteiger partial charge in [0.1, 0.15) is 5.84 Å². The van der Waals surface area contributed by atoms with Crippen molar-refractivity contribution in [1.29, 1.82) is 5.41 Å². The van der Waals surface area contributed by atoms with E-state index in [9.17, 15) is 4.79 Å². The van der Waals surface area contributed by atoms with Gasteiger partial charge in [-0.1, -0.05) is 18.2 Å². The number of nitrogen functional groups attached to an aromatic ring is 1. The van der Waals surface area contributed by atoms with E-state index in [1.54, 1.807) is 18.0 Å². The van der Waals surface area contributed by atoms with E-state index < -0.39 is 0 Å². The van der Waals surface area contributed by atoms with Crippen LogP contribution in [0.1, 0.15) is 24.0 Å². The summed E-state index contributed by atoms with van der Waals surface area (Å²) < 4.78 is 0. The van der Waals surface area contributed by atoms with Crippen LogP contribution in [0.2, 0.25) is 0 Å². The van der Waals surface area contributed by atoms with Crippen molar-refractivity contribution in [2.45, 2.75) is 19.4 Å². The maximum Gasteiger partial charge on any atom is 0.320 e. The van der Waals surface area contributed by atoms with Crippen LogP contribution in [-0.2, 0) is 6.54 Å². The summed E-state index contributed by atoms with van der Waals surface area (Å²) in [5.41, 5.74) is 7.15. The Hall–Kier alpha value is -2.04. The largest absolute Gasteiger partial charge is 0.384 e. The van der Waals surface area contributed by atoms with Crippen molar-refractivity contribution >= 4 is 11.9 Å². The van der Waals surface area contributed by atoms with Crippen LogP contribution in [0, 0.1) is 5.41 Å². The lowest BCUT2D eigenvalue weighted by atomic mass is 10.1.